The van der Waals surface area contributed by atoms with E-state index in [9.17, 15) is 22.8 Å². The normalized spacial score (nSPS) is 16.9. The molecule has 0 spiro atoms. The number of rotatable bonds is 9. The Hall–Kier alpha value is -3.29. The number of piperazine rings is 1. The van der Waals surface area contributed by atoms with Gasteiger partial charge in [-0.3, -0.25) is 19.4 Å². The molecule has 2 saturated heterocycles. The number of carboxylic acid groups (broad SMARTS) is 1. The molecule has 2 aliphatic rings. The summed E-state index contributed by atoms with van der Waals surface area (Å²) in [7, 11) is 0. The number of halogens is 6. The van der Waals surface area contributed by atoms with Crippen molar-refractivity contribution in [1.82, 2.24) is 14.8 Å². The van der Waals surface area contributed by atoms with Crippen LogP contribution in [-0.4, -0.2) is 83.4 Å². The molecule has 3 aromatic rings. The Kier molecular flexibility index (Phi) is 14.4. The molecule has 9 nitrogen and oxygen atoms in total. The van der Waals surface area contributed by atoms with Crippen LogP contribution in [0.15, 0.2) is 60.8 Å². The number of aliphatic carboxylic acids is 1. The highest BCUT2D eigenvalue weighted by atomic mass is 35.5. The summed E-state index contributed by atoms with van der Waals surface area (Å²) in [6, 6.07) is 15.2. The van der Waals surface area contributed by atoms with Crippen molar-refractivity contribution in [2.75, 3.05) is 49.5 Å². The Morgan fingerprint density at radius 2 is 1.63 bits per heavy atom. The summed E-state index contributed by atoms with van der Waals surface area (Å²) < 4.78 is 41.9. The highest BCUT2D eigenvalue weighted by Crippen LogP contribution is 2.31. The van der Waals surface area contributed by atoms with E-state index in [-0.39, 0.29) is 55.4 Å². The predicted octanol–water partition coefficient (Wildman–Crippen LogP) is 6.36. The van der Waals surface area contributed by atoms with Crippen LogP contribution in [0.5, 0.6) is 5.75 Å². The molecule has 0 aliphatic carbocycles. The highest BCUT2D eigenvalue weighted by Gasteiger charge is 2.31. The van der Waals surface area contributed by atoms with Crippen LogP contribution in [0, 0.1) is 0 Å². The Labute approximate surface area is 284 Å². The minimum absolute atomic E-state index is 0. The van der Waals surface area contributed by atoms with Gasteiger partial charge in [0, 0.05) is 61.8 Å². The number of hydrogen-bond donors (Lipinski definition) is 2. The zero-order chi connectivity index (χ0) is 30.6. The van der Waals surface area contributed by atoms with Crippen molar-refractivity contribution < 1.29 is 32.6 Å². The SMILES string of the molecule is CC1CCCN1Cc1cc(NC(=O)c2ccc(N3CCN(CC(=O)O)CC3)cc2)ncc1-c1ccc(OC(F)(F)F)cc1.Cl.Cl.Cl. The maximum absolute atomic E-state index is 13.1. The molecular weight excluding hydrogens is 670 g/mol. The highest BCUT2D eigenvalue weighted by molar-refractivity contribution is 6.04. The fourth-order valence-corrected chi connectivity index (χ4v) is 5.61. The molecule has 0 radical (unpaired) electrons. The van der Waals surface area contributed by atoms with E-state index in [1.54, 1.807) is 30.5 Å². The second-order valence-corrected chi connectivity index (χ2v) is 10.9. The summed E-state index contributed by atoms with van der Waals surface area (Å²) in [6.07, 6.45) is -0.957. The summed E-state index contributed by atoms with van der Waals surface area (Å²) in [6.45, 7) is 6.45. The number of nitrogens with zero attached hydrogens (tertiary/aromatic N) is 4. The first-order chi connectivity index (χ1) is 20.5. The lowest BCUT2D eigenvalue weighted by Crippen LogP contribution is -2.47. The molecule has 15 heteroatoms. The van der Waals surface area contributed by atoms with E-state index >= 15 is 0 Å². The van der Waals surface area contributed by atoms with E-state index < -0.39 is 12.3 Å². The van der Waals surface area contributed by atoms with Crippen molar-refractivity contribution in [3.05, 3.63) is 71.9 Å². The first-order valence-corrected chi connectivity index (χ1v) is 14.2. The number of carboxylic acids is 1. The number of anilines is 2. The van der Waals surface area contributed by atoms with Gasteiger partial charge in [-0.25, -0.2) is 4.98 Å². The molecule has 2 aromatic carbocycles. The standard InChI is InChI=1S/C31H34F3N5O4.3ClH/c1-21-3-2-12-39(21)19-24-17-28(35-18-27(24)22-6-10-26(11-7-22)43-31(32,33)34)36-30(42)23-4-8-25(9-5-23)38-15-13-37(14-16-38)20-29(40)41;;;/h4-11,17-18,21H,2-3,12-16,19-20H2,1H3,(H,40,41)(H,35,36,42);3*1H. The van der Waals surface area contributed by atoms with Crippen molar-refractivity contribution in [3.63, 3.8) is 0 Å². The predicted molar refractivity (Wildman–Crippen MR) is 178 cm³/mol. The van der Waals surface area contributed by atoms with Crippen molar-refractivity contribution in [3.8, 4) is 16.9 Å². The fourth-order valence-electron chi connectivity index (χ4n) is 5.61. The minimum Gasteiger partial charge on any atom is -0.480 e. The number of hydrogen-bond acceptors (Lipinski definition) is 7. The van der Waals surface area contributed by atoms with Gasteiger partial charge in [0.25, 0.3) is 5.91 Å². The third kappa shape index (κ3) is 10.4. The molecule has 1 unspecified atom stereocenters. The Morgan fingerprint density at radius 1 is 0.978 bits per heavy atom. The van der Waals surface area contributed by atoms with Crippen LogP contribution in [0.2, 0.25) is 0 Å². The molecule has 252 valence electrons. The lowest BCUT2D eigenvalue weighted by molar-refractivity contribution is -0.274. The van der Waals surface area contributed by atoms with E-state index in [1.165, 1.54) is 12.1 Å². The number of pyridine rings is 1. The first-order valence-electron chi connectivity index (χ1n) is 14.2. The summed E-state index contributed by atoms with van der Waals surface area (Å²) in [5.74, 6) is -1.06. The molecular formula is C31H37Cl3F3N5O4. The number of amides is 1. The summed E-state index contributed by atoms with van der Waals surface area (Å²) in [5.41, 5.74) is 3.79. The number of likely N-dealkylation sites (tertiary alicyclic amines) is 1. The zero-order valence-electron chi connectivity index (χ0n) is 25.0. The molecule has 2 N–H and O–H groups in total. The quantitative estimate of drug-likeness (QED) is 0.266. The van der Waals surface area contributed by atoms with Crippen LogP contribution >= 0.6 is 37.2 Å². The van der Waals surface area contributed by atoms with E-state index in [1.807, 2.05) is 23.1 Å². The molecule has 2 aliphatic heterocycles. The number of aromatic nitrogens is 1. The Morgan fingerprint density at radius 3 is 2.20 bits per heavy atom. The van der Waals surface area contributed by atoms with E-state index in [0.717, 1.165) is 36.2 Å². The molecule has 46 heavy (non-hydrogen) atoms. The summed E-state index contributed by atoms with van der Waals surface area (Å²) in [4.78, 5) is 34.9. The van der Waals surface area contributed by atoms with Crippen molar-refractivity contribution in [2.24, 2.45) is 0 Å². The third-order valence-electron chi connectivity index (χ3n) is 7.92. The van der Waals surface area contributed by atoms with Gasteiger partial charge in [-0.1, -0.05) is 12.1 Å². The van der Waals surface area contributed by atoms with Crippen molar-refractivity contribution in [2.45, 2.75) is 38.7 Å². The first kappa shape index (κ1) is 38.9. The molecule has 0 saturated carbocycles. The topological polar surface area (TPSA) is 98.2 Å². The molecule has 1 atom stereocenters. The maximum Gasteiger partial charge on any atom is 0.573 e. The van der Waals surface area contributed by atoms with Gasteiger partial charge in [0.15, 0.2) is 0 Å². The number of alkyl halides is 3. The monoisotopic (exact) mass is 705 g/mol. The van der Waals surface area contributed by atoms with Crippen LogP contribution in [0.1, 0.15) is 35.7 Å². The summed E-state index contributed by atoms with van der Waals surface area (Å²) >= 11 is 0. The number of ether oxygens (including phenoxy) is 1. The van der Waals surface area contributed by atoms with Gasteiger partial charge in [0.05, 0.1) is 6.54 Å². The molecule has 1 amide bonds. The number of carbonyl (C=O) groups excluding carboxylic acids is 1. The third-order valence-corrected chi connectivity index (χ3v) is 7.92. The minimum atomic E-state index is -4.76. The second-order valence-electron chi connectivity index (χ2n) is 10.9. The van der Waals surface area contributed by atoms with E-state index in [4.69, 9.17) is 5.11 Å². The lowest BCUT2D eigenvalue weighted by Gasteiger charge is -2.35. The Balaban J connectivity index is 0.00000245. The van der Waals surface area contributed by atoms with Crippen molar-refractivity contribution in [1.29, 1.82) is 0 Å². The largest absolute Gasteiger partial charge is 0.573 e. The van der Waals surface area contributed by atoms with Gasteiger partial charge in [-0.15, -0.1) is 50.4 Å². The molecule has 2 fully saturated rings. The maximum atomic E-state index is 13.1. The van der Waals surface area contributed by atoms with E-state index in [0.29, 0.717) is 55.7 Å². The Bertz CT molecular complexity index is 1440. The fraction of sp³-hybridized carbons (Fsp3) is 0.387. The summed E-state index contributed by atoms with van der Waals surface area (Å²) in [5, 5.41) is 11.9. The van der Waals surface area contributed by atoms with Gasteiger partial charge in [0.1, 0.15) is 11.6 Å². The van der Waals surface area contributed by atoms with Gasteiger partial charge in [-0.2, -0.15) is 0 Å². The number of carbonyl (C=O) groups is 2. The van der Waals surface area contributed by atoms with Crippen LogP contribution in [0.4, 0.5) is 24.7 Å². The molecule has 1 aromatic heterocycles. The smallest absolute Gasteiger partial charge is 0.480 e. The lowest BCUT2D eigenvalue weighted by atomic mass is 10.0. The molecule has 3 heterocycles. The van der Waals surface area contributed by atoms with Gasteiger partial charge >= 0.3 is 12.3 Å². The van der Waals surface area contributed by atoms with Crippen LogP contribution in [0.3, 0.4) is 0 Å². The van der Waals surface area contributed by atoms with Crippen LogP contribution in [-0.2, 0) is 11.3 Å². The second kappa shape index (κ2) is 17.0. The van der Waals surface area contributed by atoms with Crippen LogP contribution in [0.25, 0.3) is 11.1 Å². The van der Waals surface area contributed by atoms with Crippen LogP contribution < -0.4 is 15.0 Å². The zero-order valence-corrected chi connectivity index (χ0v) is 27.5. The average molecular weight is 707 g/mol. The van der Waals surface area contributed by atoms with Gasteiger partial charge in [-0.05, 0) is 79.9 Å². The van der Waals surface area contributed by atoms with E-state index in [2.05, 4.69) is 31.8 Å². The molecule has 5 rings (SSSR count). The van der Waals surface area contributed by atoms with Crippen molar-refractivity contribution >= 4 is 60.6 Å². The number of nitrogens with one attached hydrogen (secondary N) is 1. The van der Waals surface area contributed by atoms with Gasteiger partial charge in [0.2, 0.25) is 0 Å². The average Bonchev–Trinajstić information content (AvgIpc) is 3.37. The van der Waals surface area contributed by atoms with Gasteiger partial charge < -0.3 is 20.1 Å². The molecule has 0 bridgehead atoms. The number of benzene rings is 2.